The lowest BCUT2D eigenvalue weighted by Gasteiger charge is -2.47. The Bertz CT molecular complexity index is 744. The zero-order valence-corrected chi connectivity index (χ0v) is 14.3. The van der Waals surface area contributed by atoms with Crippen molar-refractivity contribution in [1.82, 2.24) is 4.31 Å². The Balaban J connectivity index is 2.04. The average molecular weight is 356 g/mol. The molecule has 3 rings (SSSR count). The second kappa shape index (κ2) is 6.00. The summed E-state index contributed by atoms with van der Waals surface area (Å²) >= 11 is 5.83. The largest absolute Gasteiger partial charge is 0.299 e. The third kappa shape index (κ3) is 2.84. The summed E-state index contributed by atoms with van der Waals surface area (Å²) in [6, 6.07) is 5.08. The van der Waals surface area contributed by atoms with Gasteiger partial charge < -0.3 is 0 Å². The molecule has 0 aromatic heterocycles. The number of carbonyl (C=O) groups is 2. The minimum absolute atomic E-state index is 0.119. The van der Waals surface area contributed by atoms with Gasteiger partial charge in [0.2, 0.25) is 10.0 Å². The molecule has 0 spiro atoms. The van der Waals surface area contributed by atoms with Crippen LogP contribution in [0, 0.1) is 5.92 Å². The minimum Gasteiger partial charge on any atom is -0.299 e. The van der Waals surface area contributed by atoms with Gasteiger partial charge >= 0.3 is 0 Å². The number of nitrogens with zero attached hydrogens (tertiary/aromatic N) is 1. The number of hydrogen-bond donors (Lipinski definition) is 0. The van der Waals surface area contributed by atoms with Crippen LogP contribution in [0.5, 0.6) is 0 Å². The Morgan fingerprint density at radius 2 is 1.87 bits per heavy atom. The van der Waals surface area contributed by atoms with Gasteiger partial charge in [0.25, 0.3) is 0 Å². The number of ketones is 2. The Hall–Kier alpha value is -1.24. The van der Waals surface area contributed by atoms with Crippen LogP contribution in [-0.2, 0) is 19.6 Å². The molecule has 2 aliphatic rings. The number of carbonyl (C=O) groups excluding carboxylic acids is 2. The van der Waals surface area contributed by atoms with Crippen molar-refractivity contribution in [2.75, 3.05) is 0 Å². The molecule has 0 N–H and O–H groups in total. The third-order valence-electron chi connectivity index (χ3n) is 4.72. The Morgan fingerprint density at radius 1 is 1.22 bits per heavy atom. The predicted molar refractivity (Wildman–Crippen MR) is 85.7 cm³/mol. The summed E-state index contributed by atoms with van der Waals surface area (Å²) in [5, 5.41) is 0.458. The van der Waals surface area contributed by atoms with E-state index in [0.717, 1.165) is 6.42 Å². The Kier molecular flexibility index (Phi) is 4.33. The lowest BCUT2D eigenvalue weighted by molar-refractivity contribution is -0.139. The first-order chi connectivity index (χ1) is 10.8. The molecule has 3 unspecified atom stereocenters. The van der Waals surface area contributed by atoms with Crippen LogP contribution in [0.1, 0.15) is 32.6 Å². The van der Waals surface area contributed by atoms with Gasteiger partial charge in [0.15, 0.2) is 0 Å². The van der Waals surface area contributed by atoms with Crippen LogP contribution >= 0.6 is 11.6 Å². The smallest absolute Gasteiger partial charge is 0.243 e. The molecule has 3 atom stereocenters. The maximum Gasteiger partial charge on any atom is 0.243 e. The highest BCUT2D eigenvalue weighted by molar-refractivity contribution is 7.89. The van der Waals surface area contributed by atoms with Gasteiger partial charge in [0, 0.05) is 23.5 Å². The summed E-state index contributed by atoms with van der Waals surface area (Å²) in [5.41, 5.74) is 0. The van der Waals surface area contributed by atoms with E-state index in [-0.39, 0.29) is 28.9 Å². The van der Waals surface area contributed by atoms with Gasteiger partial charge in [0.05, 0.1) is 10.8 Å². The number of Topliss-reactive ketones (excluding diaryl/α,β-unsaturated/α-hetero) is 2. The second-order valence-electron chi connectivity index (χ2n) is 6.20. The molecule has 2 fully saturated rings. The summed E-state index contributed by atoms with van der Waals surface area (Å²) in [6.45, 7) is 1.37. The third-order valence-corrected chi connectivity index (χ3v) is 6.96. The molecule has 0 amide bonds. The highest BCUT2D eigenvalue weighted by atomic mass is 35.5. The zero-order valence-electron chi connectivity index (χ0n) is 12.7. The van der Waals surface area contributed by atoms with Crippen LogP contribution in [0.3, 0.4) is 0 Å². The van der Waals surface area contributed by atoms with Crippen LogP contribution in [0.2, 0.25) is 5.02 Å². The highest BCUT2D eigenvalue weighted by Gasteiger charge is 2.51. The van der Waals surface area contributed by atoms with Crippen molar-refractivity contribution >= 4 is 33.2 Å². The summed E-state index contributed by atoms with van der Waals surface area (Å²) in [6.07, 6.45) is 2.14. The first-order valence-corrected chi connectivity index (χ1v) is 9.46. The van der Waals surface area contributed by atoms with E-state index in [1.807, 2.05) is 0 Å². The molecule has 7 heteroatoms. The van der Waals surface area contributed by atoms with Crippen LogP contribution in [-0.4, -0.2) is 36.4 Å². The molecular weight excluding hydrogens is 338 g/mol. The van der Waals surface area contributed by atoms with Gasteiger partial charge in [-0.3, -0.25) is 9.59 Å². The van der Waals surface area contributed by atoms with Crippen LogP contribution in [0.4, 0.5) is 0 Å². The number of halogens is 1. The number of sulfonamides is 1. The number of hydrogen-bond acceptors (Lipinski definition) is 4. The standard InChI is InChI=1S/C16H18ClNO4S/c1-10(19)16-14-4-2-3-12(9-15(16)20)18(14)23(21,22)13-7-5-11(17)6-8-13/h5-8,12,14,16H,2-4,9H2,1H3. The van der Waals surface area contributed by atoms with Crippen molar-refractivity contribution in [2.45, 2.75) is 49.6 Å². The van der Waals surface area contributed by atoms with Crippen LogP contribution in [0.15, 0.2) is 29.2 Å². The average Bonchev–Trinajstić information content (AvgIpc) is 2.46. The van der Waals surface area contributed by atoms with E-state index in [1.165, 1.54) is 35.5 Å². The van der Waals surface area contributed by atoms with E-state index in [4.69, 9.17) is 11.6 Å². The van der Waals surface area contributed by atoms with Gasteiger partial charge in [-0.25, -0.2) is 8.42 Å². The lowest BCUT2D eigenvalue weighted by Crippen LogP contribution is -2.60. The topological polar surface area (TPSA) is 71.5 Å². The zero-order chi connectivity index (χ0) is 16.8. The number of fused-ring (bicyclic) bond motifs is 2. The molecule has 5 nitrogen and oxygen atoms in total. The van der Waals surface area contributed by atoms with Crippen molar-refractivity contribution in [1.29, 1.82) is 0 Å². The maximum absolute atomic E-state index is 13.0. The number of piperidine rings is 2. The molecular formula is C16H18ClNO4S. The van der Waals surface area contributed by atoms with Gasteiger partial charge in [-0.15, -0.1) is 0 Å². The summed E-state index contributed by atoms with van der Waals surface area (Å²) in [5.74, 6) is -1.22. The quantitative estimate of drug-likeness (QED) is 0.781. The fourth-order valence-electron chi connectivity index (χ4n) is 3.77. The molecule has 1 aromatic rings. The van der Waals surface area contributed by atoms with Gasteiger partial charge in [-0.05, 0) is 44.0 Å². The second-order valence-corrected chi connectivity index (χ2v) is 8.48. The van der Waals surface area contributed by atoms with Crippen LogP contribution in [0.25, 0.3) is 0 Å². The minimum atomic E-state index is -3.76. The molecule has 2 bridgehead atoms. The molecule has 0 radical (unpaired) electrons. The van der Waals surface area contributed by atoms with Crippen molar-refractivity contribution in [2.24, 2.45) is 5.92 Å². The molecule has 2 heterocycles. The summed E-state index contributed by atoms with van der Waals surface area (Å²) in [4.78, 5) is 24.3. The number of benzene rings is 1. The highest BCUT2D eigenvalue weighted by Crippen LogP contribution is 2.39. The first kappa shape index (κ1) is 16.6. The molecule has 1 aromatic carbocycles. The molecule has 0 aliphatic carbocycles. The molecule has 124 valence electrons. The fraction of sp³-hybridized carbons (Fsp3) is 0.500. The van der Waals surface area contributed by atoms with Crippen LogP contribution < -0.4 is 0 Å². The van der Waals surface area contributed by atoms with E-state index in [0.29, 0.717) is 17.9 Å². The molecule has 2 aliphatic heterocycles. The van der Waals surface area contributed by atoms with Gasteiger partial charge in [-0.1, -0.05) is 18.0 Å². The Labute approximate surface area is 140 Å². The maximum atomic E-state index is 13.0. The fourth-order valence-corrected chi connectivity index (χ4v) is 5.77. The summed E-state index contributed by atoms with van der Waals surface area (Å²) in [7, 11) is -3.76. The number of rotatable bonds is 3. The predicted octanol–water partition coefficient (Wildman–Crippen LogP) is 2.43. The first-order valence-electron chi connectivity index (χ1n) is 7.64. The van der Waals surface area contributed by atoms with E-state index in [1.54, 1.807) is 0 Å². The van der Waals surface area contributed by atoms with Crippen molar-refractivity contribution in [3.05, 3.63) is 29.3 Å². The van der Waals surface area contributed by atoms with E-state index in [2.05, 4.69) is 0 Å². The monoisotopic (exact) mass is 355 g/mol. The molecule has 2 saturated heterocycles. The van der Waals surface area contributed by atoms with Crippen molar-refractivity contribution < 1.29 is 18.0 Å². The van der Waals surface area contributed by atoms with Crippen molar-refractivity contribution in [3.8, 4) is 0 Å². The van der Waals surface area contributed by atoms with Crippen molar-refractivity contribution in [3.63, 3.8) is 0 Å². The Morgan fingerprint density at radius 3 is 2.48 bits per heavy atom. The normalized spacial score (nSPS) is 28.6. The van der Waals surface area contributed by atoms with E-state index in [9.17, 15) is 18.0 Å². The molecule has 23 heavy (non-hydrogen) atoms. The lowest BCUT2D eigenvalue weighted by atomic mass is 9.77. The van der Waals surface area contributed by atoms with Gasteiger partial charge in [-0.2, -0.15) is 4.31 Å². The van der Waals surface area contributed by atoms with E-state index < -0.39 is 22.0 Å². The molecule has 0 saturated carbocycles. The summed E-state index contributed by atoms with van der Waals surface area (Å²) < 4.78 is 27.5. The van der Waals surface area contributed by atoms with E-state index >= 15 is 0 Å². The van der Waals surface area contributed by atoms with Gasteiger partial charge in [0.1, 0.15) is 11.6 Å². The SMILES string of the molecule is CC(=O)C1C(=O)CC2CCCC1N2S(=O)(=O)c1ccc(Cl)cc1.